The van der Waals surface area contributed by atoms with E-state index in [1.807, 2.05) is 31.2 Å². The van der Waals surface area contributed by atoms with E-state index in [0.717, 1.165) is 11.3 Å². The van der Waals surface area contributed by atoms with Gasteiger partial charge in [0.25, 0.3) is 17.1 Å². The predicted octanol–water partition coefficient (Wildman–Crippen LogP) is 1.11. The third-order valence-corrected chi connectivity index (χ3v) is 4.72. The number of nitrogens with zero attached hydrogens (tertiary/aromatic N) is 3. The van der Waals surface area contributed by atoms with Crippen LogP contribution in [0.4, 0.5) is 11.4 Å². The van der Waals surface area contributed by atoms with Crippen molar-refractivity contribution in [2.24, 2.45) is 8.80 Å². The zero-order chi connectivity index (χ0) is 20.4. The van der Waals surface area contributed by atoms with Gasteiger partial charge in [-0.15, -0.1) is 8.80 Å². The molecule has 2 radical (unpaired) electrons. The number of amidine groups is 2. The van der Waals surface area contributed by atoms with Crippen molar-refractivity contribution < 1.29 is 14.1 Å². The summed E-state index contributed by atoms with van der Waals surface area (Å²) in [5.41, 5.74) is 2.05. The molecule has 0 aliphatic carbocycles. The SMILES string of the molecule is [B]c1ccc(NC2=NS(=O)N=C2Nc2ccccc2C)c(O)c1C(=O)N(C)C. The Morgan fingerprint density at radius 2 is 1.68 bits per heavy atom. The van der Waals surface area contributed by atoms with Gasteiger partial charge in [0.15, 0.2) is 17.4 Å². The molecule has 0 spiro atoms. The van der Waals surface area contributed by atoms with Crippen molar-refractivity contribution in [1.29, 1.82) is 0 Å². The largest absolute Gasteiger partial charge is 0.505 e. The van der Waals surface area contributed by atoms with Crippen LogP contribution in [0.3, 0.4) is 0 Å². The first-order valence-electron chi connectivity index (χ1n) is 8.30. The number of benzene rings is 2. The third kappa shape index (κ3) is 3.91. The van der Waals surface area contributed by atoms with E-state index in [2.05, 4.69) is 19.4 Å². The molecule has 1 unspecified atom stereocenters. The van der Waals surface area contributed by atoms with E-state index in [4.69, 9.17) is 7.85 Å². The lowest BCUT2D eigenvalue weighted by Crippen LogP contribution is -2.30. The van der Waals surface area contributed by atoms with Crippen LogP contribution in [-0.2, 0) is 11.2 Å². The number of aryl methyl sites for hydroxylation is 1. The van der Waals surface area contributed by atoms with Crippen molar-refractivity contribution in [3.05, 3.63) is 47.5 Å². The second kappa shape index (κ2) is 7.85. The maximum Gasteiger partial charge on any atom is 0.269 e. The molecular formula is C18H18BN5O3S. The Balaban J connectivity index is 1.91. The smallest absolute Gasteiger partial charge is 0.269 e. The highest BCUT2D eigenvalue weighted by molar-refractivity contribution is 7.83. The van der Waals surface area contributed by atoms with Crippen molar-refractivity contribution in [1.82, 2.24) is 4.90 Å². The van der Waals surface area contributed by atoms with E-state index in [0.29, 0.717) is 0 Å². The molecule has 2 aromatic rings. The summed E-state index contributed by atoms with van der Waals surface area (Å²) in [4.78, 5) is 13.6. The van der Waals surface area contributed by atoms with Crippen molar-refractivity contribution in [2.45, 2.75) is 6.92 Å². The minimum atomic E-state index is -1.80. The van der Waals surface area contributed by atoms with Crippen LogP contribution in [0.1, 0.15) is 15.9 Å². The van der Waals surface area contributed by atoms with Gasteiger partial charge in [0.1, 0.15) is 7.85 Å². The van der Waals surface area contributed by atoms with Crippen LogP contribution in [0.15, 0.2) is 45.2 Å². The summed E-state index contributed by atoms with van der Waals surface area (Å²) in [6, 6.07) is 10.5. The van der Waals surface area contributed by atoms with Crippen molar-refractivity contribution in [3.63, 3.8) is 0 Å². The van der Waals surface area contributed by atoms with E-state index < -0.39 is 17.1 Å². The summed E-state index contributed by atoms with van der Waals surface area (Å²) in [5, 5.41) is 16.5. The first-order chi connectivity index (χ1) is 13.3. The van der Waals surface area contributed by atoms with Crippen molar-refractivity contribution >= 4 is 53.4 Å². The summed E-state index contributed by atoms with van der Waals surface area (Å²) in [6.07, 6.45) is 0. The van der Waals surface area contributed by atoms with Gasteiger partial charge in [0.05, 0.1) is 11.3 Å². The number of aromatic hydroxyl groups is 1. The van der Waals surface area contributed by atoms with Crippen LogP contribution in [0, 0.1) is 6.92 Å². The first-order valence-corrected chi connectivity index (χ1v) is 9.37. The van der Waals surface area contributed by atoms with Gasteiger partial charge >= 0.3 is 0 Å². The Labute approximate surface area is 166 Å². The summed E-state index contributed by atoms with van der Waals surface area (Å²) >= 11 is -1.80. The zero-order valence-electron chi connectivity index (χ0n) is 15.6. The standard InChI is InChI=1S/C18H18BN5O3S/c1-10-6-4-5-7-12(10)20-16-17(23-28(27)22-16)21-13-9-8-11(19)14(15(13)25)18(26)24(2)3/h4-9,25H,1-3H3,(H,20,22)(H,21,23). The number of nitrogens with one attached hydrogen (secondary N) is 2. The molecule has 1 aliphatic rings. The van der Waals surface area contributed by atoms with E-state index in [1.165, 1.54) is 17.0 Å². The minimum absolute atomic E-state index is 0.0277. The van der Waals surface area contributed by atoms with Gasteiger partial charge in [-0.2, -0.15) is 0 Å². The minimum Gasteiger partial charge on any atom is -0.505 e. The summed E-state index contributed by atoms with van der Waals surface area (Å²) in [5.74, 6) is -0.342. The van der Waals surface area contributed by atoms with Crippen LogP contribution in [0.2, 0.25) is 0 Å². The van der Waals surface area contributed by atoms with Gasteiger partial charge in [0.2, 0.25) is 0 Å². The molecule has 0 bridgehead atoms. The monoisotopic (exact) mass is 395 g/mol. The molecule has 1 atom stereocenters. The molecule has 1 aliphatic heterocycles. The molecule has 3 N–H and O–H groups in total. The fourth-order valence-electron chi connectivity index (χ4n) is 2.55. The first kappa shape index (κ1) is 19.6. The lowest BCUT2D eigenvalue weighted by Gasteiger charge is -2.17. The van der Waals surface area contributed by atoms with Crippen LogP contribution < -0.4 is 16.1 Å². The maximum absolute atomic E-state index is 12.3. The summed E-state index contributed by atoms with van der Waals surface area (Å²) in [7, 11) is 8.97. The van der Waals surface area contributed by atoms with Gasteiger partial charge in [-0.25, -0.2) is 4.21 Å². The molecule has 28 heavy (non-hydrogen) atoms. The Hall–Kier alpha value is -3.14. The Morgan fingerprint density at radius 1 is 1.07 bits per heavy atom. The third-order valence-electron chi connectivity index (χ3n) is 4.04. The van der Waals surface area contributed by atoms with Gasteiger partial charge < -0.3 is 20.6 Å². The summed E-state index contributed by atoms with van der Waals surface area (Å²) in [6.45, 7) is 1.92. The molecule has 0 saturated carbocycles. The molecule has 1 amide bonds. The molecule has 142 valence electrons. The van der Waals surface area contributed by atoms with E-state index in [-0.39, 0.29) is 34.1 Å². The molecule has 8 nitrogen and oxygen atoms in total. The highest BCUT2D eigenvalue weighted by Crippen LogP contribution is 2.27. The lowest BCUT2D eigenvalue weighted by molar-refractivity contribution is 0.0826. The number of anilines is 2. The lowest BCUT2D eigenvalue weighted by atomic mass is 9.88. The molecule has 2 aromatic carbocycles. The van der Waals surface area contributed by atoms with Crippen LogP contribution in [0.25, 0.3) is 0 Å². The van der Waals surface area contributed by atoms with E-state index >= 15 is 0 Å². The quantitative estimate of drug-likeness (QED) is 0.533. The second-order valence-corrected chi connectivity index (χ2v) is 7.13. The molecule has 0 fully saturated rings. The van der Waals surface area contributed by atoms with Crippen molar-refractivity contribution in [2.75, 3.05) is 24.7 Å². The van der Waals surface area contributed by atoms with Gasteiger partial charge in [-0.3, -0.25) is 4.79 Å². The van der Waals surface area contributed by atoms with Crippen LogP contribution in [0.5, 0.6) is 5.75 Å². The summed E-state index contributed by atoms with van der Waals surface area (Å²) < 4.78 is 19.7. The molecule has 1 heterocycles. The number of rotatable bonds is 3. The number of hydrogen-bond donors (Lipinski definition) is 3. The number of carbonyl (C=O) groups excluding carboxylic acids is 1. The number of phenols is 1. The number of para-hydroxylation sites is 1. The fraction of sp³-hybridized carbons (Fsp3) is 0.167. The van der Waals surface area contributed by atoms with Crippen molar-refractivity contribution in [3.8, 4) is 5.75 Å². The predicted molar refractivity (Wildman–Crippen MR) is 113 cm³/mol. The van der Waals surface area contributed by atoms with E-state index in [1.54, 1.807) is 14.1 Å². The highest BCUT2D eigenvalue weighted by atomic mass is 32.2. The molecule has 10 heteroatoms. The maximum atomic E-state index is 12.3. The highest BCUT2D eigenvalue weighted by Gasteiger charge is 2.24. The molecule has 0 saturated heterocycles. The number of carbonyl (C=O) groups is 1. The van der Waals surface area contributed by atoms with Gasteiger partial charge in [-0.1, -0.05) is 29.7 Å². The fourth-order valence-corrected chi connectivity index (χ4v) is 3.17. The average Bonchev–Trinajstić information content (AvgIpc) is 2.98. The Morgan fingerprint density at radius 3 is 2.29 bits per heavy atom. The normalized spacial score (nSPS) is 15.6. The molecule has 0 aromatic heterocycles. The number of phenolic OH excluding ortho intramolecular Hbond substituents is 1. The zero-order valence-corrected chi connectivity index (χ0v) is 16.4. The van der Waals surface area contributed by atoms with Gasteiger partial charge in [-0.05, 0) is 24.6 Å². The number of amides is 1. The van der Waals surface area contributed by atoms with E-state index in [9.17, 15) is 14.1 Å². The number of hydrogen-bond acceptors (Lipinski definition) is 5. The van der Waals surface area contributed by atoms with Gasteiger partial charge in [0, 0.05) is 19.8 Å². The Bertz CT molecular complexity index is 1040. The van der Waals surface area contributed by atoms with Crippen LogP contribution in [-0.4, -0.2) is 53.7 Å². The molecular weight excluding hydrogens is 377 g/mol. The average molecular weight is 395 g/mol. The Kier molecular flexibility index (Phi) is 5.50. The second-order valence-electron chi connectivity index (χ2n) is 6.30. The van der Waals surface area contributed by atoms with Crippen LogP contribution >= 0.6 is 0 Å². The molecule has 3 rings (SSSR count). The topological polar surface area (TPSA) is 106 Å².